The van der Waals surface area contributed by atoms with Gasteiger partial charge in [0, 0.05) is 10.0 Å². The molecule has 0 spiro atoms. The van der Waals surface area contributed by atoms with E-state index in [1.54, 1.807) is 0 Å². The summed E-state index contributed by atoms with van der Waals surface area (Å²) in [6, 6.07) is 10.5. The van der Waals surface area contributed by atoms with Crippen molar-refractivity contribution < 1.29 is 0 Å². The fourth-order valence-corrected chi connectivity index (χ4v) is 3.13. The number of hydrogen-bond acceptors (Lipinski definition) is 1. The molecule has 0 atom stereocenters. The highest BCUT2D eigenvalue weighted by atomic mass is 79.9. The summed E-state index contributed by atoms with van der Waals surface area (Å²) in [5.74, 6) is 0.951. The zero-order valence-electron chi connectivity index (χ0n) is 11.2. The molecule has 19 heavy (non-hydrogen) atoms. The van der Waals surface area contributed by atoms with Crippen LogP contribution in [0, 0.1) is 20.8 Å². The van der Waals surface area contributed by atoms with Crippen LogP contribution < -0.4 is 0 Å². The third kappa shape index (κ3) is 2.08. The Kier molecular flexibility index (Phi) is 2.94. The summed E-state index contributed by atoms with van der Waals surface area (Å²) in [6.45, 7) is 6.33. The van der Waals surface area contributed by atoms with Gasteiger partial charge in [-0.25, -0.2) is 4.98 Å². The number of halogens is 1. The van der Waals surface area contributed by atoms with Gasteiger partial charge >= 0.3 is 0 Å². The van der Waals surface area contributed by atoms with Crippen LogP contribution in [-0.4, -0.2) is 9.97 Å². The minimum atomic E-state index is 0.951. The van der Waals surface area contributed by atoms with Crippen molar-refractivity contribution in [3.8, 4) is 11.4 Å². The van der Waals surface area contributed by atoms with E-state index in [1.165, 1.54) is 22.3 Å². The average Bonchev–Trinajstić information content (AvgIpc) is 2.72. The van der Waals surface area contributed by atoms with E-state index in [2.05, 4.69) is 72.0 Å². The lowest BCUT2D eigenvalue weighted by Gasteiger charge is -2.05. The molecule has 0 radical (unpaired) electrons. The Bertz CT molecular complexity index is 752. The van der Waals surface area contributed by atoms with Gasteiger partial charge < -0.3 is 4.98 Å². The number of fused-ring (bicyclic) bond motifs is 1. The van der Waals surface area contributed by atoms with E-state index in [9.17, 15) is 0 Å². The van der Waals surface area contributed by atoms with Crippen LogP contribution in [0.15, 0.2) is 34.8 Å². The maximum atomic E-state index is 4.77. The van der Waals surface area contributed by atoms with Crippen LogP contribution in [0.3, 0.4) is 0 Å². The summed E-state index contributed by atoms with van der Waals surface area (Å²) in [5, 5.41) is 0. The number of aromatic nitrogens is 2. The Hall–Kier alpha value is -1.61. The molecule has 0 aliphatic heterocycles. The van der Waals surface area contributed by atoms with Gasteiger partial charge in [0.05, 0.1) is 11.0 Å². The molecule has 2 aromatic carbocycles. The second kappa shape index (κ2) is 4.49. The van der Waals surface area contributed by atoms with Crippen LogP contribution in [0.25, 0.3) is 22.4 Å². The van der Waals surface area contributed by atoms with E-state index in [1.807, 2.05) is 0 Å². The molecule has 0 unspecified atom stereocenters. The Balaban J connectivity index is 2.30. The third-order valence-corrected chi connectivity index (χ3v) is 3.92. The Morgan fingerprint density at radius 1 is 1.00 bits per heavy atom. The molecular formula is C16H15BrN2. The number of aryl methyl sites for hydroxylation is 3. The number of nitrogens with one attached hydrogen (secondary N) is 1. The predicted molar refractivity (Wildman–Crippen MR) is 83.4 cm³/mol. The van der Waals surface area contributed by atoms with Gasteiger partial charge in [0.1, 0.15) is 5.82 Å². The van der Waals surface area contributed by atoms with Crippen molar-refractivity contribution in [2.75, 3.05) is 0 Å². The van der Waals surface area contributed by atoms with Crippen molar-refractivity contribution in [3.05, 3.63) is 51.5 Å². The Morgan fingerprint density at radius 2 is 1.68 bits per heavy atom. The van der Waals surface area contributed by atoms with Crippen LogP contribution in [-0.2, 0) is 0 Å². The molecule has 0 saturated heterocycles. The van der Waals surface area contributed by atoms with Gasteiger partial charge in [0.15, 0.2) is 0 Å². The predicted octanol–water partition coefficient (Wildman–Crippen LogP) is 4.92. The van der Waals surface area contributed by atoms with E-state index in [0.29, 0.717) is 0 Å². The fraction of sp³-hybridized carbons (Fsp3) is 0.188. The maximum absolute atomic E-state index is 4.77. The topological polar surface area (TPSA) is 28.7 Å². The molecule has 1 N–H and O–H groups in total. The summed E-state index contributed by atoms with van der Waals surface area (Å²) >= 11 is 3.53. The molecule has 3 rings (SSSR count). The maximum Gasteiger partial charge on any atom is 0.139 e. The highest BCUT2D eigenvalue weighted by Crippen LogP contribution is 2.29. The number of rotatable bonds is 1. The summed E-state index contributed by atoms with van der Waals surface area (Å²) in [4.78, 5) is 8.20. The number of H-pyrrole nitrogens is 1. The van der Waals surface area contributed by atoms with Gasteiger partial charge in [0.2, 0.25) is 0 Å². The van der Waals surface area contributed by atoms with Crippen LogP contribution in [0.5, 0.6) is 0 Å². The normalized spacial score (nSPS) is 11.2. The molecule has 0 aliphatic carbocycles. The average molecular weight is 315 g/mol. The van der Waals surface area contributed by atoms with Crippen molar-refractivity contribution in [3.63, 3.8) is 0 Å². The molecule has 2 nitrogen and oxygen atoms in total. The molecule has 1 aromatic heterocycles. The first kappa shape index (κ1) is 12.4. The lowest BCUT2D eigenvalue weighted by molar-refractivity contribution is 1.27. The van der Waals surface area contributed by atoms with Gasteiger partial charge in [-0.3, -0.25) is 0 Å². The van der Waals surface area contributed by atoms with Crippen molar-refractivity contribution in [2.45, 2.75) is 20.8 Å². The van der Waals surface area contributed by atoms with Crippen LogP contribution in [0.4, 0.5) is 0 Å². The van der Waals surface area contributed by atoms with E-state index in [4.69, 9.17) is 4.98 Å². The Morgan fingerprint density at radius 3 is 2.37 bits per heavy atom. The van der Waals surface area contributed by atoms with Crippen LogP contribution >= 0.6 is 15.9 Å². The highest BCUT2D eigenvalue weighted by Gasteiger charge is 2.11. The molecule has 3 aromatic rings. The molecular weight excluding hydrogens is 300 g/mol. The molecule has 0 fully saturated rings. The second-order valence-electron chi connectivity index (χ2n) is 4.97. The first-order valence-corrected chi connectivity index (χ1v) is 7.08. The molecule has 0 saturated carbocycles. The van der Waals surface area contributed by atoms with Crippen molar-refractivity contribution in [2.24, 2.45) is 0 Å². The number of imidazole rings is 1. The number of benzene rings is 2. The van der Waals surface area contributed by atoms with Crippen LogP contribution in [0.1, 0.15) is 16.7 Å². The zero-order valence-corrected chi connectivity index (χ0v) is 12.8. The van der Waals surface area contributed by atoms with Crippen molar-refractivity contribution in [1.82, 2.24) is 9.97 Å². The SMILES string of the molecule is Cc1cccc(C)c1-c1nc2c(C)cc(Br)cc2[nH]1. The van der Waals surface area contributed by atoms with Gasteiger partial charge in [-0.2, -0.15) is 0 Å². The van der Waals surface area contributed by atoms with E-state index in [0.717, 1.165) is 21.3 Å². The molecule has 96 valence electrons. The van der Waals surface area contributed by atoms with Gasteiger partial charge in [0.25, 0.3) is 0 Å². The molecule has 0 amide bonds. The highest BCUT2D eigenvalue weighted by molar-refractivity contribution is 9.10. The largest absolute Gasteiger partial charge is 0.338 e. The summed E-state index contributed by atoms with van der Waals surface area (Å²) in [6.07, 6.45) is 0. The fourth-order valence-electron chi connectivity index (χ4n) is 2.55. The van der Waals surface area contributed by atoms with E-state index >= 15 is 0 Å². The molecule has 3 heteroatoms. The number of nitrogens with zero attached hydrogens (tertiary/aromatic N) is 1. The summed E-state index contributed by atoms with van der Waals surface area (Å²) in [7, 11) is 0. The summed E-state index contributed by atoms with van der Waals surface area (Å²) in [5.41, 5.74) is 6.99. The standard InChI is InChI=1S/C16H15BrN2/c1-9-5-4-6-10(2)14(9)16-18-13-8-12(17)7-11(3)15(13)19-16/h4-8H,1-3H3,(H,18,19). The molecule has 0 aliphatic rings. The summed E-state index contributed by atoms with van der Waals surface area (Å²) < 4.78 is 1.08. The lowest BCUT2D eigenvalue weighted by atomic mass is 10.0. The van der Waals surface area contributed by atoms with Crippen LogP contribution in [0.2, 0.25) is 0 Å². The van der Waals surface area contributed by atoms with E-state index in [-0.39, 0.29) is 0 Å². The van der Waals surface area contributed by atoms with Crippen molar-refractivity contribution >= 4 is 27.0 Å². The second-order valence-corrected chi connectivity index (χ2v) is 5.89. The number of aromatic amines is 1. The van der Waals surface area contributed by atoms with E-state index < -0.39 is 0 Å². The first-order valence-electron chi connectivity index (χ1n) is 6.28. The number of hydrogen-bond donors (Lipinski definition) is 1. The van der Waals surface area contributed by atoms with Gasteiger partial charge in [-0.1, -0.05) is 34.1 Å². The smallest absolute Gasteiger partial charge is 0.139 e. The Labute approximate surface area is 121 Å². The van der Waals surface area contributed by atoms with Crippen molar-refractivity contribution in [1.29, 1.82) is 0 Å². The zero-order chi connectivity index (χ0) is 13.6. The molecule has 1 heterocycles. The minimum Gasteiger partial charge on any atom is -0.338 e. The monoisotopic (exact) mass is 314 g/mol. The third-order valence-electron chi connectivity index (χ3n) is 3.46. The lowest BCUT2D eigenvalue weighted by Crippen LogP contribution is -1.89. The quantitative estimate of drug-likeness (QED) is 0.678. The van der Waals surface area contributed by atoms with Gasteiger partial charge in [-0.05, 0) is 49.6 Å². The van der Waals surface area contributed by atoms with Gasteiger partial charge in [-0.15, -0.1) is 0 Å². The minimum absolute atomic E-state index is 0.951. The molecule has 0 bridgehead atoms. The first-order chi connectivity index (χ1) is 9.06.